The van der Waals surface area contributed by atoms with E-state index in [1.807, 2.05) is 18.2 Å². The molecule has 1 atom stereocenters. The Morgan fingerprint density at radius 1 is 1.00 bits per heavy atom. The van der Waals surface area contributed by atoms with Crippen molar-refractivity contribution in [3.8, 4) is 0 Å². The molecule has 1 unspecified atom stereocenters. The van der Waals surface area contributed by atoms with Crippen LogP contribution in [0.3, 0.4) is 0 Å². The monoisotopic (exact) mass is 285 g/mol. The number of rotatable bonds is 2. The summed E-state index contributed by atoms with van der Waals surface area (Å²) in [5.41, 5.74) is 1.08. The number of amides is 2. The highest BCUT2D eigenvalue weighted by Crippen LogP contribution is 2.47. The van der Waals surface area contributed by atoms with E-state index >= 15 is 0 Å². The number of benzene rings is 1. The van der Waals surface area contributed by atoms with Crippen LogP contribution in [0.2, 0.25) is 0 Å². The van der Waals surface area contributed by atoms with Crippen molar-refractivity contribution in [3.63, 3.8) is 0 Å². The molecule has 112 valence electrons. The van der Waals surface area contributed by atoms with E-state index in [0.29, 0.717) is 6.42 Å². The summed E-state index contributed by atoms with van der Waals surface area (Å²) < 4.78 is 0. The lowest BCUT2D eigenvalue weighted by atomic mass is 9.63. The van der Waals surface area contributed by atoms with Crippen LogP contribution in [0.4, 0.5) is 0 Å². The van der Waals surface area contributed by atoms with E-state index in [4.69, 9.17) is 0 Å². The van der Waals surface area contributed by atoms with Gasteiger partial charge in [0.2, 0.25) is 11.8 Å². The molecular weight excluding hydrogens is 262 g/mol. The van der Waals surface area contributed by atoms with E-state index in [1.165, 1.54) is 18.4 Å². The molecule has 0 bridgehead atoms. The second-order valence-corrected chi connectivity index (χ2v) is 6.61. The molecule has 2 fully saturated rings. The maximum absolute atomic E-state index is 12.5. The topological polar surface area (TPSA) is 46.2 Å². The van der Waals surface area contributed by atoms with E-state index in [2.05, 4.69) is 17.4 Å². The molecule has 0 radical (unpaired) electrons. The highest BCUT2D eigenvalue weighted by Gasteiger charge is 2.47. The first-order chi connectivity index (χ1) is 10.2. The first-order valence-electron chi connectivity index (χ1n) is 8.07. The van der Waals surface area contributed by atoms with Gasteiger partial charge in [0.25, 0.3) is 0 Å². The van der Waals surface area contributed by atoms with Gasteiger partial charge in [-0.25, -0.2) is 0 Å². The Morgan fingerprint density at radius 3 is 2.33 bits per heavy atom. The fourth-order valence-corrected chi connectivity index (χ4v) is 4.11. The molecule has 21 heavy (non-hydrogen) atoms. The van der Waals surface area contributed by atoms with Crippen molar-refractivity contribution in [2.45, 2.75) is 51.4 Å². The predicted octanol–water partition coefficient (Wildman–Crippen LogP) is 3.23. The summed E-state index contributed by atoms with van der Waals surface area (Å²) in [5, 5.41) is 2.56. The van der Waals surface area contributed by atoms with Crippen molar-refractivity contribution in [2.75, 3.05) is 0 Å². The molecule has 3 rings (SSSR count). The molecule has 1 aliphatic carbocycles. The van der Waals surface area contributed by atoms with E-state index in [1.54, 1.807) is 0 Å². The number of nitrogens with one attached hydrogen (secondary N) is 1. The van der Waals surface area contributed by atoms with Crippen molar-refractivity contribution >= 4 is 11.8 Å². The summed E-state index contributed by atoms with van der Waals surface area (Å²) in [5.74, 6) is -0.195. The summed E-state index contributed by atoms with van der Waals surface area (Å²) >= 11 is 0. The zero-order chi connectivity index (χ0) is 14.7. The molecule has 1 N–H and O–H groups in total. The standard InChI is InChI=1S/C18H23NO2/c20-16-13-18(10-6-1-2-7-11-18)15(17(21)19-16)12-14-8-4-3-5-9-14/h3-5,8-9,15H,1-2,6-7,10-13H2,(H,19,20,21). The SMILES string of the molecule is O=C1CC2(CCCCCC2)C(Cc2ccccc2)C(=O)N1. The molecule has 1 saturated heterocycles. The molecule has 1 heterocycles. The van der Waals surface area contributed by atoms with Crippen LogP contribution in [0.1, 0.15) is 50.5 Å². The van der Waals surface area contributed by atoms with Gasteiger partial charge in [-0.1, -0.05) is 56.0 Å². The van der Waals surface area contributed by atoms with Gasteiger partial charge < -0.3 is 0 Å². The quantitative estimate of drug-likeness (QED) is 0.848. The molecular formula is C18H23NO2. The van der Waals surface area contributed by atoms with Gasteiger partial charge >= 0.3 is 0 Å². The first kappa shape index (κ1) is 14.3. The molecule has 1 aliphatic heterocycles. The maximum Gasteiger partial charge on any atom is 0.230 e. The summed E-state index contributed by atoms with van der Waals surface area (Å²) in [6.45, 7) is 0. The minimum Gasteiger partial charge on any atom is -0.296 e. The molecule has 1 spiro atoms. The molecule has 2 aliphatic rings. The number of hydrogen-bond acceptors (Lipinski definition) is 2. The Bertz CT molecular complexity index is 515. The Kier molecular flexibility index (Phi) is 4.09. The van der Waals surface area contributed by atoms with Crippen molar-refractivity contribution in [3.05, 3.63) is 35.9 Å². The minimum atomic E-state index is -0.105. The predicted molar refractivity (Wildman–Crippen MR) is 81.5 cm³/mol. The van der Waals surface area contributed by atoms with Crippen LogP contribution < -0.4 is 5.32 Å². The van der Waals surface area contributed by atoms with Gasteiger partial charge in [0, 0.05) is 12.3 Å². The summed E-state index contributed by atoms with van der Waals surface area (Å²) in [4.78, 5) is 24.4. The lowest BCUT2D eigenvalue weighted by Gasteiger charge is -2.42. The third-order valence-corrected chi connectivity index (χ3v) is 5.21. The Labute approximate surface area is 126 Å². The molecule has 1 saturated carbocycles. The number of carbonyl (C=O) groups is 2. The van der Waals surface area contributed by atoms with Crippen LogP contribution in [-0.4, -0.2) is 11.8 Å². The second-order valence-electron chi connectivity index (χ2n) is 6.61. The summed E-state index contributed by atoms with van der Waals surface area (Å²) in [6, 6.07) is 10.2. The highest BCUT2D eigenvalue weighted by molar-refractivity contribution is 5.99. The van der Waals surface area contributed by atoms with Crippen molar-refractivity contribution in [1.82, 2.24) is 5.32 Å². The zero-order valence-corrected chi connectivity index (χ0v) is 12.4. The Hall–Kier alpha value is -1.64. The molecule has 3 nitrogen and oxygen atoms in total. The fraction of sp³-hybridized carbons (Fsp3) is 0.556. The van der Waals surface area contributed by atoms with Crippen LogP contribution in [0, 0.1) is 11.3 Å². The lowest BCUT2D eigenvalue weighted by Crippen LogP contribution is -2.52. The minimum absolute atomic E-state index is 0.0583. The number of piperidine rings is 1. The summed E-state index contributed by atoms with van der Waals surface area (Å²) in [6.07, 6.45) is 8.06. The zero-order valence-electron chi connectivity index (χ0n) is 12.4. The lowest BCUT2D eigenvalue weighted by molar-refractivity contribution is -0.144. The van der Waals surface area contributed by atoms with Gasteiger partial charge in [-0.3, -0.25) is 14.9 Å². The van der Waals surface area contributed by atoms with Gasteiger partial charge in [-0.2, -0.15) is 0 Å². The van der Waals surface area contributed by atoms with Crippen LogP contribution in [-0.2, 0) is 16.0 Å². The number of hydrogen-bond donors (Lipinski definition) is 1. The van der Waals surface area contributed by atoms with Crippen LogP contribution in [0.5, 0.6) is 0 Å². The van der Waals surface area contributed by atoms with E-state index < -0.39 is 0 Å². The maximum atomic E-state index is 12.5. The van der Waals surface area contributed by atoms with Gasteiger partial charge in [0.1, 0.15) is 0 Å². The van der Waals surface area contributed by atoms with Gasteiger partial charge in [-0.05, 0) is 30.2 Å². The van der Waals surface area contributed by atoms with Crippen LogP contribution in [0.15, 0.2) is 30.3 Å². The Morgan fingerprint density at radius 2 is 1.67 bits per heavy atom. The van der Waals surface area contributed by atoms with E-state index in [0.717, 1.165) is 32.1 Å². The van der Waals surface area contributed by atoms with Crippen LogP contribution in [0.25, 0.3) is 0 Å². The molecule has 1 aromatic rings. The average Bonchev–Trinajstić information content (AvgIpc) is 2.70. The Balaban J connectivity index is 1.88. The molecule has 0 aromatic heterocycles. The second kappa shape index (κ2) is 6.00. The number of imide groups is 1. The third-order valence-electron chi connectivity index (χ3n) is 5.21. The summed E-state index contributed by atoms with van der Waals surface area (Å²) in [7, 11) is 0. The third kappa shape index (κ3) is 3.02. The van der Waals surface area contributed by atoms with Crippen molar-refractivity contribution in [1.29, 1.82) is 0 Å². The van der Waals surface area contributed by atoms with E-state index in [-0.39, 0.29) is 23.1 Å². The molecule has 1 aromatic carbocycles. The first-order valence-corrected chi connectivity index (χ1v) is 8.07. The smallest absolute Gasteiger partial charge is 0.230 e. The van der Waals surface area contributed by atoms with Gasteiger partial charge in [0.15, 0.2) is 0 Å². The normalized spacial score (nSPS) is 25.4. The fourth-order valence-electron chi connectivity index (χ4n) is 4.11. The van der Waals surface area contributed by atoms with Gasteiger partial charge in [0.05, 0.1) is 0 Å². The van der Waals surface area contributed by atoms with E-state index in [9.17, 15) is 9.59 Å². The highest BCUT2D eigenvalue weighted by atomic mass is 16.2. The average molecular weight is 285 g/mol. The van der Waals surface area contributed by atoms with Crippen molar-refractivity contribution < 1.29 is 9.59 Å². The largest absolute Gasteiger partial charge is 0.296 e. The van der Waals surface area contributed by atoms with Crippen LogP contribution >= 0.6 is 0 Å². The molecule has 3 heteroatoms. The number of carbonyl (C=O) groups excluding carboxylic acids is 2. The van der Waals surface area contributed by atoms with Gasteiger partial charge in [-0.15, -0.1) is 0 Å². The molecule has 2 amide bonds. The van der Waals surface area contributed by atoms with Crippen molar-refractivity contribution in [2.24, 2.45) is 11.3 Å².